The van der Waals surface area contributed by atoms with E-state index in [1.807, 2.05) is 25.2 Å². The molecule has 1 aliphatic carbocycles. The largest absolute Gasteiger partial charge is 0.497 e. The molecule has 0 aromatic heterocycles. The summed E-state index contributed by atoms with van der Waals surface area (Å²) in [5, 5.41) is 3.29. The minimum atomic E-state index is -0.144. The van der Waals surface area contributed by atoms with E-state index in [1.165, 1.54) is 0 Å². The van der Waals surface area contributed by atoms with Crippen LogP contribution in [0.2, 0.25) is 0 Å². The molecule has 17 heavy (non-hydrogen) atoms. The van der Waals surface area contributed by atoms with Gasteiger partial charge in [0, 0.05) is 11.1 Å². The number of rotatable bonds is 5. The number of hydrogen-bond acceptors (Lipinski definition) is 4. The molecule has 2 rings (SSSR count). The van der Waals surface area contributed by atoms with Crippen LogP contribution in [0.15, 0.2) is 18.2 Å². The van der Waals surface area contributed by atoms with Crippen LogP contribution < -0.4 is 20.5 Å². The summed E-state index contributed by atoms with van der Waals surface area (Å²) in [7, 11) is 5.26. The van der Waals surface area contributed by atoms with Gasteiger partial charge < -0.3 is 20.5 Å². The third-order valence-corrected chi connectivity index (χ3v) is 3.44. The Hall–Kier alpha value is -1.26. The quantitative estimate of drug-likeness (QED) is 0.812. The van der Waals surface area contributed by atoms with E-state index in [2.05, 4.69) is 5.32 Å². The molecule has 0 radical (unpaired) electrons. The molecule has 0 saturated heterocycles. The van der Waals surface area contributed by atoms with Crippen molar-refractivity contribution < 1.29 is 9.47 Å². The fourth-order valence-corrected chi connectivity index (χ4v) is 2.25. The van der Waals surface area contributed by atoms with Crippen LogP contribution >= 0.6 is 0 Å². The third-order valence-electron chi connectivity index (χ3n) is 3.44. The summed E-state index contributed by atoms with van der Waals surface area (Å²) >= 11 is 0. The third kappa shape index (κ3) is 2.23. The van der Waals surface area contributed by atoms with Crippen molar-refractivity contribution >= 4 is 0 Å². The Bertz CT molecular complexity index is 402. The predicted molar refractivity (Wildman–Crippen MR) is 67.5 cm³/mol. The van der Waals surface area contributed by atoms with Crippen molar-refractivity contribution in [2.45, 2.75) is 24.4 Å². The van der Waals surface area contributed by atoms with E-state index >= 15 is 0 Å². The molecule has 1 aromatic rings. The molecule has 1 aliphatic rings. The molecule has 0 spiro atoms. The summed E-state index contributed by atoms with van der Waals surface area (Å²) in [6.45, 7) is 0. The molecular weight excluding hydrogens is 216 g/mol. The molecule has 1 aromatic carbocycles. The smallest absolute Gasteiger partial charge is 0.123 e. The van der Waals surface area contributed by atoms with Crippen molar-refractivity contribution in [1.29, 1.82) is 0 Å². The lowest BCUT2D eigenvalue weighted by atomic mass is 9.97. The Kier molecular flexibility index (Phi) is 3.26. The van der Waals surface area contributed by atoms with Gasteiger partial charge in [-0.25, -0.2) is 0 Å². The molecule has 1 saturated carbocycles. The van der Waals surface area contributed by atoms with E-state index in [0.717, 1.165) is 29.9 Å². The van der Waals surface area contributed by atoms with Crippen molar-refractivity contribution in [3.8, 4) is 11.5 Å². The van der Waals surface area contributed by atoms with E-state index in [9.17, 15) is 0 Å². The molecular formula is C13H20N2O2. The first kappa shape index (κ1) is 12.2. The average Bonchev–Trinajstić information content (AvgIpc) is 3.08. The SMILES string of the molecule is CNC(c1cc(OC)ccc1OC)C1(N)CC1. The first-order chi connectivity index (χ1) is 8.14. The van der Waals surface area contributed by atoms with Gasteiger partial charge in [0.2, 0.25) is 0 Å². The predicted octanol–water partition coefficient (Wildman–Crippen LogP) is 1.46. The van der Waals surface area contributed by atoms with Crippen LogP contribution in [-0.4, -0.2) is 26.8 Å². The molecule has 4 nitrogen and oxygen atoms in total. The first-order valence-electron chi connectivity index (χ1n) is 5.82. The molecule has 94 valence electrons. The van der Waals surface area contributed by atoms with Gasteiger partial charge in [-0.3, -0.25) is 0 Å². The summed E-state index contributed by atoms with van der Waals surface area (Å²) in [5.41, 5.74) is 7.21. The number of likely N-dealkylation sites (N-methyl/N-ethyl adjacent to an activating group) is 1. The summed E-state index contributed by atoms with van der Waals surface area (Å²) in [5.74, 6) is 1.67. The van der Waals surface area contributed by atoms with Crippen molar-refractivity contribution in [3.05, 3.63) is 23.8 Å². The number of methoxy groups -OCH3 is 2. The Labute approximate surface area is 102 Å². The van der Waals surface area contributed by atoms with Crippen molar-refractivity contribution in [3.63, 3.8) is 0 Å². The number of nitrogens with one attached hydrogen (secondary N) is 1. The van der Waals surface area contributed by atoms with E-state index in [-0.39, 0.29) is 11.6 Å². The topological polar surface area (TPSA) is 56.5 Å². The standard InChI is InChI=1S/C13H20N2O2/c1-15-12(13(14)6-7-13)10-8-9(16-2)4-5-11(10)17-3/h4-5,8,12,15H,6-7,14H2,1-3H3. The van der Waals surface area contributed by atoms with Gasteiger partial charge >= 0.3 is 0 Å². The maximum absolute atomic E-state index is 6.29. The highest BCUT2D eigenvalue weighted by atomic mass is 16.5. The molecule has 0 heterocycles. The fourth-order valence-electron chi connectivity index (χ4n) is 2.25. The molecule has 4 heteroatoms. The number of benzene rings is 1. The average molecular weight is 236 g/mol. The Morgan fingerprint density at radius 2 is 2.00 bits per heavy atom. The van der Waals surface area contributed by atoms with E-state index in [4.69, 9.17) is 15.2 Å². The van der Waals surface area contributed by atoms with Crippen molar-refractivity contribution in [2.24, 2.45) is 5.73 Å². The van der Waals surface area contributed by atoms with Gasteiger partial charge in [-0.15, -0.1) is 0 Å². The first-order valence-corrected chi connectivity index (χ1v) is 5.82. The highest BCUT2D eigenvalue weighted by molar-refractivity contribution is 5.44. The zero-order valence-corrected chi connectivity index (χ0v) is 10.6. The Morgan fingerprint density at radius 3 is 2.47 bits per heavy atom. The number of ether oxygens (including phenoxy) is 2. The summed E-state index contributed by atoms with van der Waals surface area (Å²) in [6, 6.07) is 5.91. The number of hydrogen-bond donors (Lipinski definition) is 2. The van der Waals surface area contributed by atoms with Crippen LogP contribution in [0.25, 0.3) is 0 Å². The van der Waals surface area contributed by atoms with Crippen LogP contribution in [0.3, 0.4) is 0 Å². The van der Waals surface area contributed by atoms with Gasteiger partial charge in [-0.1, -0.05) is 0 Å². The van der Waals surface area contributed by atoms with E-state index < -0.39 is 0 Å². The van der Waals surface area contributed by atoms with Crippen LogP contribution in [0.4, 0.5) is 0 Å². The summed E-state index contributed by atoms with van der Waals surface area (Å²) in [4.78, 5) is 0. The molecule has 3 N–H and O–H groups in total. The minimum Gasteiger partial charge on any atom is -0.497 e. The zero-order valence-electron chi connectivity index (χ0n) is 10.6. The highest BCUT2D eigenvalue weighted by Crippen LogP contribution is 2.46. The fraction of sp³-hybridized carbons (Fsp3) is 0.538. The van der Waals surface area contributed by atoms with Gasteiger partial charge in [-0.2, -0.15) is 0 Å². The van der Waals surface area contributed by atoms with Crippen LogP contribution in [0.1, 0.15) is 24.4 Å². The monoisotopic (exact) mass is 236 g/mol. The van der Waals surface area contributed by atoms with Gasteiger partial charge in [-0.05, 0) is 38.1 Å². The van der Waals surface area contributed by atoms with E-state index in [0.29, 0.717) is 0 Å². The van der Waals surface area contributed by atoms with Crippen LogP contribution in [0.5, 0.6) is 11.5 Å². The lowest BCUT2D eigenvalue weighted by Gasteiger charge is -2.25. The maximum atomic E-state index is 6.29. The second-order valence-corrected chi connectivity index (χ2v) is 4.56. The zero-order chi connectivity index (χ0) is 12.5. The maximum Gasteiger partial charge on any atom is 0.123 e. The molecule has 1 unspecified atom stereocenters. The van der Waals surface area contributed by atoms with E-state index in [1.54, 1.807) is 14.2 Å². The molecule has 0 bridgehead atoms. The second kappa shape index (κ2) is 4.55. The summed E-state index contributed by atoms with van der Waals surface area (Å²) < 4.78 is 10.7. The minimum absolute atomic E-state index is 0.104. The number of nitrogens with two attached hydrogens (primary N) is 1. The molecule has 0 aliphatic heterocycles. The second-order valence-electron chi connectivity index (χ2n) is 4.56. The van der Waals surface area contributed by atoms with Gasteiger partial charge in [0.05, 0.1) is 20.3 Å². The Morgan fingerprint density at radius 1 is 1.29 bits per heavy atom. The molecule has 1 fully saturated rings. The van der Waals surface area contributed by atoms with Crippen LogP contribution in [-0.2, 0) is 0 Å². The van der Waals surface area contributed by atoms with Gasteiger partial charge in [0.25, 0.3) is 0 Å². The van der Waals surface area contributed by atoms with Crippen molar-refractivity contribution in [2.75, 3.05) is 21.3 Å². The molecule has 0 amide bonds. The van der Waals surface area contributed by atoms with Gasteiger partial charge in [0.1, 0.15) is 11.5 Å². The highest BCUT2D eigenvalue weighted by Gasteiger charge is 2.46. The Balaban J connectivity index is 2.39. The van der Waals surface area contributed by atoms with Gasteiger partial charge in [0.15, 0.2) is 0 Å². The van der Waals surface area contributed by atoms with Crippen LogP contribution in [0, 0.1) is 0 Å². The normalized spacial score (nSPS) is 18.6. The van der Waals surface area contributed by atoms with Crippen molar-refractivity contribution in [1.82, 2.24) is 5.32 Å². The summed E-state index contributed by atoms with van der Waals surface area (Å²) in [6.07, 6.45) is 2.08. The molecule has 1 atom stereocenters. The lowest BCUT2D eigenvalue weighted by Crippen LogP contribution is -2.38. The lowest BCUT2D eigenvalue weighted by molar-refractivity contribution is 0.379.